The highest BCUT2D eigenvalue weighted by Crippen LogP contribution is 2.26. The third kappa shape index (κ3) is 4.15. The first-order chi connectivity index (χ1) is 11.7. The summed E-state index contributed by atoms with van der Waals surface area (Å²) in [5.74, 6) is 2.01. The van der Waals surface area contributed by atoms with Gasteiger partial charge in [-0.05, 0) is 32.6 Å². The standard InChI is InChI=1S/C18H30N4O2/c1-3-16-20-18(24-21-16)13(2)22-11-9-15(10-12-22)19-17(23)14-7-5-4-6-8-14/h13-15H,3-12H2,1-2H3,(H,19,23). The largest absolute Gasteiger partial charge is 0.353 e. The fourth-order valence-electron chi connectivity index (χ4n) is 3.85. The number of nitrogens with zero attached hydrogens (tertiary/aromatic N) is 3. The van der Waals surface area contributed by atoms with Crippen LogP contribution in [-0.2, 0) is 11.2 Å². The monoisotopic (exact) mass is 334 g/mol. The van der Waals surface area contributed by atoms with E-state index >= 15 is 0 Å². The molecule has 2 heterocycles. The Morgan fingerprint density at radius 2 is 1.96 bits per heavy atom. The second-order valence-corrected chi connectivity index (χ2v) is 7.23. The number of carbonyl (C=O) groups excluding carboxylic acids is 1. The summed E-state index contributed by atoms with van der Waals surface area (Å²) in [4.78, 5) is 19.2. The fourth-order valence-corrected chi connectivity index (χ4v) is 3.85. The van der Waals surface area contributed by atoms with E-state index in [2.05, 4.69) is 27.3 Å². The summed E-state index contributed by atoms with van der Waals surface area (Å²) in [6, 6.07) is 0.463. The van der Waals surface area contributed by atoms with E-state index in [1.807, 2.05) is 6.92 Å². The average molecular weight is 334 g/mol. The molecule has 1 saturated carbocycles. The van der Waals surface area contributed by atoms with Gasteiger partial charge in [-0.2, -0.15) is 4.98 Å². The minimum absolute atomic E-state index is 0.146. The second-order valence-electron chi connectivity index (χ2n) is 7.23. The van der Waals surface area contributed by atoms with Gasteiger partial charge >= 0.3 is 0 Å². The van der Waals surface area contributed by atoms with Gasteiger partial charge in [0.1, 0.15) is 0 Å². The van der Waals surface area contributed by atoms with Crippen LogP contribution in [0.5, 0.6) is 0 Å². The maximum absolute atomic E-state index is 12.4. The molecule has 1 atom stereocenters. The van der Waals surface area contributed by atoms with E-state index in [0.717, 1.165) is 51.0 Å². The Bertz CT molecular complexity index is 531. The molecule has 1 amide bonds. The van der Waals surface area contributed by atoms with Crippen molar-refractivity contribution >= 4 is 5.91 Å². The molecule has 1 aliphatic heterocycles. The molecule has 1 aromatic heterocycles. The zero-order chi connectivity index (χ0) is 16.9. The van der Waals surface area contributed by atoms with Gasteiger partial charge in [-0.3, -0.25) is 9.69 Å². The quantitative estimate of drug-likeness (QED) is 0.896. The summed E-state index contributed by atoms with van der Waals surface area (Å²) in [6.07, 6.45) is 8.63. The molecule has 0 aromatic carbocycles. The highest BCUT2D eigenvalue weighted by atomic mass is 16.5. The van der Waals surface area contributed by atoms with Crippen LogP contribution in [-0.4, -0.2) is 40.1 Å². The van der Waals surface area contributed by atoms with E-state index in [1.165, 1.54) is 19.3 Å². The number of carbonyl (C=O) groups is 1. The first-order valence-electron chi connectivity index (χ1n) is 9.54. The van der Waals surface area contributed by atoms with Crippen LogP contribution in [0, 0.1) is 5.92 Å². The van der Waals surface area contributed by atoms with Crippen LogP contribution in [0.15, 0.2) is 4.52 Å². The third-order valence-corrected chi connectivity index (χ3v) is 5.56. The molecule has 1 aromatic rings. The smallest absolute Gasteiger partial charge is 0.243 e. The van der Waals surface area contributed by atoms with Crippen molar-refractivity contribution in [2.75, 3.05) is 13.1 Å². The summed E-state index contributed by atoms with van der Waals surface area (Å²) in [6.45, 7) is 6.06. The predicted octanol–water partition coefficient (Wildman–Crippen LogP) is 2.85. The van der Waals surface area contributed by atoms with E-state index in [9.17, 15) is 4.79 Å². The summed E-state index contributed by atoms with van der Waals surface area (Å²) in [5, 5.41) is 7.27. The van der Waals surface area contributed by atoms with Crippen molar-refractivity contribution in [2.24, 2.45) is 5.92 Å². The first-order valence-corrected chi connectivity index (χ1v) is 9.54. The maximum atomic E-state index is 12.4. The highest BCUT2D eigenvalue weighted by Gasteiger charge is 2.29. The number of rotatable bonds is 5. The van der Waals surface area contributed by atoms with E-state index < -0.39 is 0 Å². The van der Waals surface area contributed by atoms with Crippen LogP contribution in [0.1, 0.15) is 76.6 Å². The second kappa shape index (κ2) is 8.10. The van der Waals surface area contributed by atoms with Crippen molar-refractivity contribution in [1.82, 2.24) is 20.4 Å². The topological polar surface area (TPSA) is 71.3 Å². The predicted molar refractivity (Wildman–Crippen MR) is 91.4 cm³/mol. The Morgan fingerprint density at radius 1 is 1.25 bits per heavy atom. The van der Waals surface area contributed by atoms with Gasteiger partial charge in [-0.25, -0.2) is 0 Å². The molecule has 1 aliphatic carbocycles. The third-order valence-electron chi connectivity index (χ3n) is 5.56. The Hall–Kier alpha value is -1.43. The molecular weight excluding hydrogens is 304 g/mol. The Morgan fingerprint density at radius 3 is 2.58 bits per heavy atom. The molecule has 6 heteroatoms. The molecule has 3 rings (SSSR count). The molecule has 0 radical (unpaired) electrons. The molecular formula is C18H30N4O2. The maximum Gasteiger partial charge on any atom is 0.243 e. The summed E-state index contributed by atoms with van der Waals surface area (Å²) >= 11 is 0. The van der Waals surface area contributed by atoms with Crippen molar-refractivity contribution < 1.29 is 9.32 Å². The summed E-state index contributed by atoms with van der Waals surface area (Å²) in [7, 11) is 0. The van der Waals surface area contributed by atoms with Crippen LogP contribution in [0.4, 0.5) is 0 Å². The van der Waals surface area contributed by atoms with Crippen molar-refractivity contribution in [2.45, 2.75) is 77.3 Å². The number of likely N-dealkylation sites (tertiary alicyclic amines) is 1. The normalized spacial score (nSPS) is 22.4. The lowest BCUT2D eigenvalue weighted by Gasteiger charge is -2.35. The van der Waals surface area contributed by atoms with Gasteiger partial charge in [0.15, 0.2) is 5.82 Å². The van der Waals surface area contributed by atoms with E-state index in [-0.39, 0.29) is 17.9 Å². The zero-order valence-corrected chi connectivity index (χ0v) is 15.0. The molecule has 0 bridgehead atoms. The van der Waals surface area contributed by atoms with Crippen LogP contribution in [0.2, 0.25) is 0 Å². The van der Waals surface area contributed by atoms with Crippen molar-refractivity contribution in [3.05, 3.63) is 11.7 Å². The Labute approximate surface area is 144 Å². The Kier molecular flexibility index (Phi) is 5.87. The van der Waals surface area contributed by atoms with Crippen LogP contribution >= 0.6 is 0 Å². The van der Waals surface area contributed by atoms with Gasteiger partial charge < -0.3 is 9.84 Å². The molecule has 2 fully saturated rings. The van der Waals surface area contributed by atoms with Gasteiger partial charge in [0.05, 0.1) is 6.04 Å². The molecule has 0 spiro atoms. The van der Waals surface area contributed by atoms with Gasteiger partial charge in [0.25, 0.3) is 0 Å². The summed E-state index contributed by atoms with van der Waals surface area (Å²) < 4.78 is 5.37. The highest BCUT2D eigenvalue weighted by molar-refractivity contribution is 5.79. The molecule has 6 nitrogen and oxygen atoms in total. The van der Waals surface area contributed by atoms with Gasteiger partial charge in [0.2, 0.25) is 11.8 Å². The number of hydrogen-bond acceptors (Lipinski definition) is 5. The van der Waals surface area contributed by atoms with Crippen molar-refractivity contribution in [1.29, 1.82) is 0 Å². The lowest BCUT2D eigenvalue weighted by Crippen LogP contribution is -2.47. The number of aryl methyl sites for hydroxylation is 1. The van der Waals surface area contributed by atoms with Crippen molar-refractivity contribution in [3.63, 3.8) is 0 Å². The SMILES string of the molecule is CCc1noc(C(C)N2CCC(NC(=O)C3CCCCC3)CC2)n1. The van der Waals surface area contributed by atoms with Gasteiger partial charge in [0, 0.05) is 31.5 Å². The average Bonchev–Trinajstić information content (AvgIpc) is 3.11. The minimum Gasteiger partial charge on any atom is -0.353 e. The van der Waals surface area contributed by atoms with Crippen molar-refractivity contribution in [3.8, 4) is 0 Å². The number of amides is 1. The Balaban J connectivity index is 1.45. The van der Waals surface area contributed by atoms with Gasteiger partial charge in [-0.1, -0.05) is 31.3 Å². The molecule has 24 heavy (non-hydrogen) atoms. The first kappa shape index (κ1) is 17.4. The van der Waals surface area contributed by atoms with E-state index in [0.29, 0.717) is 11.9 Å². The molecule has 2 aliphatic rings. The number of aromatic nitrogens is 2. The van der Waals surface area contributed by atoms with Crippen LogP contribution in [0.3, 0.4) is 0 Å². The minimum atomic E-state index is 0.146. The van der Waals surface area contributed by atoms with E-state index in [1.54, 1.807) is 0 Å². The fraction of sp³-hybridized carbons (Fsp3) is 0.833. The zero-order valence-electron chi connectivity index (χ0n) is 15.0. The van der Waals surface area contributed by atoms with Gasteiger partial charge in [-0.15, -0.1) is 0 Å². The number of nitrogens with one attached hydrogen (secondary N) is 1. The number of piperidine rings is 1. The lowest BCUT2D eigenvalue weighted by atomic mass is 9.88. The van der Waals surface area contributed by atoms with E-state index in [4.69, 9.17) is 4.52 Å². The molecule has 134 valence electrons. The molecule has 1 saturated heterocycles. The molecule has 1 unspecified atom stereocenters. The summed E-state index contributed by atoms with van der Waals surface area (Å²) in [5.41, 5.74) is 0. The molecule has 1 N–H and O–H groups in total. The van der Waals surface area contributed by atoms with Crippen LogP contribution < -0.4 is 5.32 Å². The van der Waals surface area contributed by atoms with Crippen LogP contribution in [0.25, 0.3) is 0 Å². The lowest BCUT2D eigenvalue weighted by molar-refractivity contribution is -0.127. The number of hydrogen-bond donors (Lipinski definition) is 1.